The third kappa shape index (κ3) is 5.74. The van der Waals surface area contributed by atoms with Gasteiger partial charge in [-0.15, -0.1) is 0 Å². The number of aryl methyl sites for hydroxylation is 1. The molecule has 0 atom stereocenters. The Morgan fingerprint density at radius 2 is 1.77 bits per heavy atom. The number of carbonyl (C=O) groups is 3. The van der Waals surface area contributed by atoms with Crippen LogP contribution >= 0.6 is 0 Å². The van der Waals surface area contributed by atoms with Crippen molar-refractivity contribution in [2.75, 3.05) is 19.0 Å². The van der Waals surface area contributed by atoms with Crippen molar-refractivity contribution in [3.63, 3.8) is 0 Å². The minimum Gasteiger partial charge on any atom is -0.465 e. The third-order valence-electron chi connectivity index (χ3n) is 4.00. The minimum atomic E-state index is -0.564. The Kier molecular flexibility index (Phi) is 6.88. The Hall–Kier alpha value is -4.01. The number of hydrogen-bond acceptors (Lipinski definition) is 8. The van der Waals surface area contributed by atoms with E-state index >= 15 is 0 Å². The smallest absolute Gasteiger partial charge is 0.337 e. The second-order valence-corrected chi connectivity index (χ2v) is 6.16. The lowest BCUT2D eigenvalue weighted by molar-refractivity contribution is -0.147. The van der Waals surface area contributed by atoms with Crippen molar-refractivity contribution >= 4 is 23.5 Å². The highest BCUT2D eigenvalue weighted by molar-refractivity contribution is 5.94. The number of hydrogen-bond donors (Lipinski definition) is 1. The van der Waals surface area contributed by atoms with E-state index in [2.05, 4.69) is 20.2 Å². The van der Waals surface area contributed by atoms with E-state index in [0.717, 1.165) is 5.56 Å². The Morgan fingerprint density at radius 1 is 1.03 bits per heavy atom. The molecule has 0 unspecified atom stereocenters. The van der Waals surface area contributed by atoms with E-state index in [9.17, 15) is 14.4 Å². The van der Waals surface area contributed by atoms with E-state index in [4.69, 9.17) is 9.26 Å². The van der Waals surface area contributed by atoms with Gasteiger partial charge >= 0.3 is 11.9 Å². The molecule has 0 aliphatic carbocycles. The monoisotopic (exact) mass is 409 g/mol. The topological polar surface area (TPSA) is 121 Å². The lowest BCUT2D eigenvalue weighted by Gasteiger charge is -2.07. The summed E-state index contributed by atoms with van der Waals surface area (Å²) in [6.07, 6.45) is 0.201. The van der Waals surface area contributed by atoms with E-state index in [0.29, 0.717) is 23.0 Å². The molecule has 154 valence electrons. The molecule has 0 saturated carbocycles. The van der Waals surface area contributed by atoms with Crippen molar-refractivity contribution < 1.29 is 28.4 Å². The molecular weight excluding hydrogens is 390 g/mol. The van der Waals surface area contributed by atoms with E-state index in [-0.39, 0.29) is 12.8 Å². The second kappa shape index (κ2) is 9.97. The van der Waals surface area contributed by atoms with Crippen molar-refractivity contribution in [2.24, 2.45) is 0 Å². The van der Waals surface area contributed by atoms with Crippen molar-refractivity contribution in [1.82, 2.24) is 10.1 Å². The van der Waals surface area contributed by atoms with Crippen molar-refractivity contribution in [1.29, 1.82) is 0 Å². The molecule has 0 radical (unpaired) electrons. The number of rotatable bonds is 8. The number of anilines is 1. The summed E-state index contributed by atoms with van der Waals surface area (Å²) >= 11 is 0. The highest BCUT2D eigenvalue weighted by Crippen LogP contribution is 2.15. The highest BCUT2D eigenvalue weighted by atomic mass is 16.5. The number of ether oxygens (including phenoxy) is 2. The van der Waals surface area contributed by atoms with E-state index in [1.807, 2.05) is 30.3 Å². The first-order valence-corrected chi connectivity index (χ1v) is 9.07. The molecule has 2 aromatic carbocycles. The van der Waals surface area contributed by atoms with Gasteiger partial charge in [0.05, 0.1) is 19.1 Å². The molecule has 0 aliphatic rings. The van der Waals surface area contributed by atoms with Crippen LogP contribution in [0.2, 0.25) is 0 Å². The third-order valence-corrected chi connectivity index (χ3v) is 4.00. The molecule has 0 spiro atoms. The van der Waals surface area contributed by atoms with E-state index in [1.54, 1.807) is 12.1 Å². The number of methoxy groups -OCH3 is 1. The standard InChI is InChI=1S/C21H19N3O6/c1-28-21(27)15-7-9-16(10-8-15)22-17(25)13-29-19(26)12-11-18-23-20(24-30-18)14-5-3-2-4-6-14/h2-10H,11-13H2,1H3,(H,22,25). The zero-order valence-corrected chi connectivity index (χ0v) is 16.2. The summed E-state index contributed by atoms with van der Waals surface area (Å²) in [5, 5.41) is 6.44. The molecule has 9 nitrogen and oxygen atoms in total. The van der Waals surface area contributed by atoms with E-state index in [1.165, 1.54) is 19.2 Å². The maximum Gasteiger partial charge on any atom is 0.337 e. The first-order valence-electron chi connectivity index (χ1n) is 9.07. The van der Waals surface area contributed by atoms with Crippen LogP contribution < -0.4 is 5.32 Å². The Balaban J connectivity index is 1.41. The van der Waals surface area contributed by atoms with E-state index < -0.39 is 24.5 Å². The Morgan fingerprint density at radius 3 is 2.47 bits per heavy atom. The lowest BCUT2D eigenvalue weighted by atomic mass is 10.2. The molecule has 0 fully saturated rings. The molecule has 0 bridgehead atoms. The summed E-state index contributed by atoms with van der Waals surface area (Å²) in [6.45, 7) is -0.434. The molecular formula is C21H19N3O6. The predicted octanol–water partition coefficient (Wildman–Crippen LogP) is 2.64. The number of aromatic nitrogens is 2. The molecule has 0 saturated heterocycles. The van der Waals surface area contributed by atoms with Gasteiger partial charge < -0.3 is 19.3 Å². The average Bonchev–Trinajstić information content (AvgIpc) is 3.26. The number of carbonyl (C=O) groups excluding carboxylic acids is 3. The quantitative estimate of drug-likeness (QED) is 0.564. The minimum absolute atomic E-state index is 0.00245. The van der Waals surface area contributed by atoms with Crippen LogP contribution in [0.5, 0.6) is 0 Å². The van der Waals surface area contributed by atoms with Crippen LogP contribution in [0, 0.1) is 0 Å². The van der Waals surface area contributed by atoms with Crippen LogP contribution in [-0.2, 0) is 25.5 Å². The average molecular weight is 409 g/mol. The summed E-state index contributed by atoms with van der Waals surface area (Å²) in [4.78, 5) is 39.4. The molecule has 0 aliphatic heterocycles. The first-order chi connectivity index (χ1) is 14.5. The van der Waals surface area contributed by atoms with Crippen LogP contribution in [0.15, 0.2) is 59.1 Å². The zero-order chi connectivity index (χ0) is 21.3. The fraction of sp³-hybridized carbons (Fsp3) is 0.190. The van der Waals surface area contributed by atoms with Gasteiger partial charge in [-0.1, -0.05) is 35.5 Å². The maximum absolute atomic E-state index is 11.9. The van der Waals surface area contributed by atoms with Crippen molar-refractivity contribution in [3.05, 3.63) is 66.1 Å². The van der Waals surface area contributed by atoms with Gasteiger partial charge in [0.15, 0.2) is 6.61 Å². The molecule has 9 heteroatoms. The van der Waals surface area contributed by atoms with Crippen LogP contribution in [0.4, 0.5) is 5.69 Å². The summed E-state index contributed by atoms with van der Waals surface area (Å²) in [5.41, 5.74) is 1.63. The molecule has 3 rings (SSSR count). The van der Waals surface area contributed by atoms with Gasteiger partial charge in [0, 0.05) is 17.7 Å². The summed E-state index contributed by atoms with van der Waals surface area (Å²) in [5.74, 6) is -0.791. The summed E-state index contributed by atoms with van der Waals surface area (Å²) in [7, 11) is 1.28. The second-order valence-electron chi connectivity index (χ2n) is 6.16. The van der Waals surface area contributed by atoms with Gasteiger partial charge in [-0.05, 0) is 24.3 Å². The number of esters is 2. The maximum atomic E-state index is 11.9. The van der Waals surface area contributed by atoms with Crippen LogP contribution in [0.1, 0.15) is 22.7 Å². The highest BCUT2D eigenvalue weighted by Gasteiger charge is 2.13. The van der Waals surface area contributed by atoms with Gasteiger partial charge in [-0.2, -0.15) is 4.98 Å². The number of nitrogens with zero attached hydrogens (tertiary/aromatic N) is 2. The number of amides is 1. The van der Waals surface area contributed by atoms with Crippen LogP contribution in [0.3, 0.4) is 0 Å². The molecule has 3 aromatic rings. The molecule has 1 aromatic heterocycles. The van der Waals surface area contributed by atoms with Crippen molar-refractivity contribution in [2.45, 2.75) is 12.8 Å². The SMILES string of the molecule is COC(=O)c1ccc(NC(=O)COC(=O)CCc2nc(-c3ccccc3)no2)cc1. The molecule has 1 heterocycles. The normalized spacial score (nSPS) is 10.3. The van der Waals surface area contributed by atoms with Gasteiger partial charge in [-0.25, -0.2) is 4.79 Å². The number of benzene rings is 2. The van der Waals surface area contributed by atoms with Gasteiger partial charge in [0.25, 0.3) is 5.91 Å². The van der Waals surface area contributed by atoms with Gasteiger partial charge in [0.1, 0.15) is 0 Å². The zero-order valence-electron chi connectivity index (χ0n) is 16.2. The molecule has 1 N–H and O–H groups in total. The van der Waals surface area contributed by atoms with Crippen LogP contribution in [0.25, 0.3) is 11.4 Å². The Labute approximate surface area is 172 Å². The predicted molar refractivity (Wildman–Crippen MR) is 105 cm³/mol. The molecule has 30 heavy (non-hydrogen) atoms. The summed E-state index contributed by atoms with van der Waals surface area (Å²) < 4.78 is 14.7. The van der Waals surface area contributed by atoms with Crippen LogP contribution in [-0.4, -0.2) is 41.7 Å². The largest absolute Gasteiger partial charge is 0.465 e. The van der Waals surface area contributed by atoms with Crippen molar-refractivity contribution in [3.8, 4) is 11.4 Å². The van der Waals surface area contributed by atoms with Gasteiger partial charge in [-0.3, -0.25) is 9.59 Å². The fourth-order valence-corrected chi connectivity index (χ4v) is 2.49. The first kappa shape index (κ1) is 20.7. The molecule has 1 amide bonds. The summed E-state index contributed by atoms with van der Waals surface area (Å²) in [6, 6.07) is 15.4. The lowest BCUT2D eigenvalue weighted by Crippen LogP contribution is -2.21. The van der Waals surface area contributed by atoms with Gasteiger partial charge in [0.2, 0.25) is 11.7 Å². The fourth-order valence-electron chi connectivity index (χ4n) is 2.49. The number of nitrogens with one attached hydrogen (secondary N) is 1. The Bertz CT molecular complexity index is 1010.